The van der Waals surface area contributed by atoms with Gasteiger partial charge in [0.15, 0.2) is 0 Å². The predicted molar refractivity (Wildman–Crippen MR) is 96.0 cm³/mol. The van der Waals surface area contributed by atoms with E-state index in [1.54, 1.807) is 0 Å². The van der Waals surface area contributed by atoms with Crippen LogP contribution in [0, 0.1) is 6.92 Å². The summed E-state index contributed by atoms with van der Waals surface area (Å²) in [5.41, 5.74) is 1.17. The number of aromatic nitrogens is 2. The van der Waals surface area contributed by atoms with E-state index in [2.05, 4.69) is 20.6 Å². The Morgan fingerprint density at radius 2 is 1.74 bits per heavy atom. The molecule has 0 unspecified atom stereocenters. The minimum absolute atomic E-state index is 0.544. The van der Waals surface area contributed by atoms with E-state index in [0.29, 0.717) is 6.04 Å². The maximum atomic E-state index is 5.91. The predicted octanol–water partition coefficient (Wildman–Crippen LogP) is 4.80. The fourth-order valence-corrected chi connectivity index (χ4v) is 3.11. The molecule has 1 fully saturated rings. The third-order valence-electron chi connectivity index (χ3n) is 4.18. The second-order valence-corrected chi connectivity index (χ2v) is 6.58. The van der Waals surface area contributed by atoms with E-state index in [1.807, 2.05) is 37.3 Å². The van der Waals surface area contributed by atoms with Crippen molar-refractivity contribution >= 4 is 23.2 Å². The van der Waals surface area contributed by atoms with Gasteiger partial charge in [-0.2, -0.15) is 0 Å². The van der Waals surface area contributed by atoms with Crippen LogP contribution in [0.4, 0.5) is 11.6 Å². The first-order valence-electron chi connectivity index (χ1n) is 8.29. The van der Waals surface area contributed by atoms with Gasteiger partial charge >= 0.3 is 0 Å². The summed E-state index contributed by atoms with van der Waals surface area (Å²) in [6.07, 6.45) is 6.44. The fraction of sp³-hybridized carbons (Fsp3) is 0.444. The summed E-state index contributed by atoms with van der Waals surface area (Å²) in [7, 11) is 0. The molecule has 2 N–H and O–H groups in total. The lowest BCUT2D eigenvalue weighted by Gasteiger charge is -2.23. The van der Waals surface area contributed by atoms with E-state index < -0.39 is 0 Å². The first-order valence-corrected chi connectivity index (χ1v) is 8.67. The Morgan fingerprint density at radius 3 is 2.48 bits per heavy atom. The topological polar surface area (TPSA) is 49.8 Å². The number of nitrogens with one attached hydrogen (secondary N) is 2. The first kappa shape index (κ1) is 16.1. The van der Waals surface area contributed by atoms with E-state index in [9.17, 15) is 0 Å². The lowest BCUT2D eigenvalue weighted by molar-refractivity contribution is 0.462. The largest absolute Gasteiger partial charge is 0.367 e. The van der Waals surface area contributed by atoms with Crippen LogP contribution in [0.2, 0.25) is 5.02 Å². The Morgan fingerprint density at radius 1 is 1.04 bits per heavy atom. The molecule has 3 rings (SSSR count). The van der Waals surface area contributed by atoms with Crippen LogP contribution in [0.15, 0.2) is 30.3 Å². The molecule has 0 saturated heterocycles. The molecule has 2 aromatic rings. The molecule has 0 aliphatic heterocycles. The van der Waals surface area contributed by atoms with Crippen LogP contribution >= 0.6 is 11.6 Å². The fourth-order valence-electron chi connectivity index (χ4n) is 2.98. The molecule has 5 heteroatoms. The molecule has 1 aromatic carbocycles. The number of anilines is 2. The van der Waals surface area contributed by atoms with Crippen LogP contribution < -0.4 is 10.6 Å². The van der Waals surface area contributed by atoms with E-state index >= 15 is 0 Å². The highest BCUT2D eigenvalue weighted by Gasteiger charge is 2.14. The second kappa shape index (κ2) is 7.64. The highest BCUT2D eigenvalue weighted by atomic mass is 35.5. The Bertz CT molecular complexity index is 636. The van der Waals surface area contributed by atoms with Gasteiger partial charge in [0.05, 0.1) is 0 Å². The molecule has 1 saturated carbocycles. The van der Waals surface area contributed by atoms with E-state index in [1.165, 1.54) is 37.7 Å². The molecule has 1 aliphatic rings. The van der Waals surface area contributed by atoms with Crippen molar-refractivity contribution in [3.8, 4) is 0 Å². The maximum Gasteiger partial charge on any atom is 0.132 e. The summed E-state index contributed by atoms with van der Waals surface area (Å²) in [6, 6.07) is 10.4. The van der Waals surface area contributed by atoms with Crippen molar-refractivity contribution in [2.24, 2.45) is 0 Å². The zero-order chi connectivity index (χ0) is 16.1. The van der Waals surface area contributed by atoms with Gasteiger partial charge in [0.1, 0.15) is 17.5 Å². The highest BCUT2D eigenvalue weighted by molar-refractivity contribution is 6.30. The summed E-state index contributed by atoms with van der Waals surface area (Å²) in [4.78, 5) is 8.99. The third-order valence-corrected chi connectivity index (χ3v) is 4.43. The molecule has 4 nitrogen and oxygen atoms in total. The van der Waals surface area contributed by atoms with Crippen molar-refractivity contribution in [3.63, 3.8) is 0 Å². The van der Waals surface area contributed by atoms with Crippen LogP contribution in [0.3, 0.4) is 0 Å². The average molecular weight is 331 g/mol. The van der Waals surface area contributed by atoms with Crippen LogP contribution in [-0.2, 0) is 6.54 Å². The number of hydrogen-bond acceptors (Lipinski definition) is 4. The standard InChI is InChI=1S/C18H23ClN4/c1-13-21-17(20-12-14-7-9-15(19)10-8-14)11-18(22-13)23-16-5-3-2-4-6-16/h7-11,16H,2-6,12H2,1H3,(H2,20,21,22,23). The van der Waals surface area contributed by atoms with Crippen molar-refractivity contribution in [1.29, 1.82) is 0 Å². The monoisotopic (exact) mass is 330 g/mol. The average Bonchev–Trinajstić information content (AvgIpc) is 2.55. The lowest BCUT2D eigenvalue weighted by atomic mass is 9.95. The van der Waals surface area contributed by atoms with E-state index in [0.717, 1.165) is 29.0 Å². The molecule has 0 bridgehead atoms. The number of hydrogen-bond donors (Lipinski definition) is 2. The van der Waals surface area contributed by atoms with Crippen molar-refractivity contribution < 1.29 is 0 Å². The number of rotatable bonds is 5. The van der Waals surface area contributed by atoms with E-state index in [-0.39, 0.29) is 0 Å². The molecule has 0 amide bonds. The summed E-state index contributed by atoms with van der Waals surface area (Å²) in [5, 5.41) is 7.68. The zero-order valence-electron chi connectivity index (χ0n) is 13.5. The number of aryl methyl sites for hydroxylation is 1. The molecule has 0 atom stereocenters. The van der Waals surface area contributed by atoms with Gasteiger partial charge in [-0.15, -0.1) is 0 Å². The molecular formula is C18H23ClN4. The molecule has 1 heterocycles. The summed E-state index contributed by atoms with van der Waals surface area (Å²) < 4.78 is 0. The third kappa shape index (κ3) is 4.83. The molecule has 122 valence electrons. The van der Waals surface area contributed by atoms with Crippen LogP contribution in [-0.4, -0.2) is 16.0 Å². The van der Waals surface area contributed by atoms with Gasteiger partial charge in [-0.05, 0) is 37.5 Å². The first-order chi connectivity index (χ1) is 11.2. The molecule has 0 spiro atoms. The minimum atomic E-state index is 0.544. The van der Waals surface area contributed by atoms with Crippen molar-refractivity contribution in [2.45, 2.75) is 51.6 Å². The van der Waals surface area contributed by atoms with E-state index in [4.69, 9.17) is 11.6 Å². The number of nitrogens with zero attached hydrogens (tertiary/aromatic N) is 2. The second-order valence-electron chi connectivity index (χ2n) is 6.14. The van der Waals surface area contributed by atoms with Gasteiger partial charge in [-0.25, -0.2) is 9.97 Å². The summed E-state index contributed by atoms with van der Waals surface area (Å²) in [6.45, 7) is 2.65. The highest BCUT2D eigenvalue weighted by Crippen LogP contribution is 2.22. The SMILES string of the molecule is Cc1nc(NCc2ccc(Cl)cc2)cc(NC2CCCCC2)n1. The smallest absolute Gasteiger partial charge is 0.132 e. The Labute approximate surface area is 142 Å². The molecular weight excluding hydrogens is 308 g/mol. The van der Waals surface area contributed by atoms with Gasteiger partial charge in [-0.1, -0.05) is 43.0 Å². The zero-order valence-corrected chi connectivity index (χ0v) is 14.2. The summed E-state index contributed by atoms with van der Waals surface area (Å²) >= 11 is 5.91. The van der Waals surface area contributed by atoms with Gasteiger partial charge < -0.3 is 10.6 Å². The van der Waals surface area contributed by atoms with Gasteiger partial charge in [-0.3, -0.25) is 0 Å². The normalized spacial score (nSPS) is 15.4. The Hall–Kier alpha value is -1.81. The van der Waals surface area contributed by atoms with Gasteiger partial charge in [0.2, 0.25) is 0 Å². The quantitative estimate of drug-likeness (QED) is 0.827. The van der Waals surface area contributed by atoms with Gasteiger partial charge in [0.25, 0.3) is 0 Å². The van der Waals surface area contributed by atoms with Crippen LogP contribution in [0.1, 0.15) is 43.5 Å². The van der Waals surface area contributed by atoms with Gasteiger partial charge in [0, 0.05) is 23.7 Å². The Balaban J connectivity index is 1.63. The number of benzene rings is 1. The Kier molecular flexibility index (Phi) is 5.34. The van der Waals surface area contributed by atoms with Crippen molar-refractivity contribution in [3.05, 3.63) is 46.7 Å². The summed E-state index contributed by atoms with van der Waals surface area (Å²) in [5.74, 6) is 2.55. The van der Waals surface area contributed by atoms with Crippen molar-refractivity contribution in [2.75, 3.05) is 10.6 Å². The minimum Gasteiger partial charge on any atom is -0.367 e. The maximum absolute atomic E-state index is 5.91. The van der Waals surface area contributed by atoms with Crippen LogP contribution in [0.5, 0.6) is 0 Å². The molecule has 1 aliphatic carbocycles. The lowest BCUT2D eigenvalue weighted by Crippen LogP contribution is -2.23. The van der Waals surface area contributed by atoms with Crippen LogP contribution in [0.25, 0.3) is 0 Å². The molecule has 0 radical (unpaired) electrons. The molecule has 23 heavy (non-hydrogen) atoms. The van der Waals surface area contributed by atoms with Crippen molar-refractivity contribution in [1.82, 2.24) is 9.97 Å². The molecule has 1 aromatic heterocycles. The number of halogens is 1.